The van der Waals surface area contributed by atoms with Gasteiger partial charge in [0.25, 0.3) is 0 Å². The van der Waals surface area contributed by atoms with Crippen molar-refractivity contribution in [2.45, 2.75) is 26.2 Å². The Bertz CT molecular complexity index is 663. The summed E-state index contributed by atoms with van der Waals surface area (Å²) in [5, 5.41) is 12.3. The molecule has 0 atom stereocenters. The molecule has 0 fully saturated rings. The molecule has 1 amide bonds. The molecular formula is C14H14BrNO3S2. The molecule has 0 unspecified atom stereocenters. The molecule has 21 heavy (non-hydrogen) atoms. The van der Waals surface area contributed by atoms with Gasteiger partial charge in [-0.3, -0.25) is 4.79 Å². The summed E-state index contributed by atoms with van der Waals surface area (Å²) in [6, 6.07) is 5.75. The summed E-state index contributed by atoms with van der Waals surface area (Å²) in [7, 11) is 0. The third kappa shape index (κ3) is 4.66. The Hall–Kier alpha value is -1.18. The highest BCUT2D eigenvalue weighted by Crippen LogP contribution is 2.27. The van der Waals surface area contributed by atoms with Crippen LogP contribution in [-0.2, 0) is 11.2 Å². The van der Waals surface area contributed by atoms with Gasteiger partial charge in [-0.2, -0.15) is 0 Å². The largest absolute Gasteiger partial charge is 0.477 e. The van der Waals surface area contributed by atoms with Crippen LogP contribution in [0.15, 0.2) is 22.0 Å². The fourth-order valence-corrected chi connectivity index (χ4v) is 4.32. The molecular weight excluding hydrogens is 374 g/mol. The SMILES string of the molecule is Cc1cc(NC(=O)CCCc2ccc(Br)s2)sc1C(=O)O. The normalized spacial score (nSPS) is 10.6. The summed E-state index contributed by atoms with van der Waals surface area (Å²) < 4.78 is 1.09. The average Bonchev–Trinajstić information content (AvgIpc) is 2.96. The summed E-state index contributed by atoms with van der Waals surface area (Å²) in [5.74, 6) is -1.04. The molecule has 2 N–H and O–H groups in total. The number of aryl methyl sites for hydroxylation is 2. The van der Waals surface area contributed by atoms with Crippen LogP contribution in [0.25, 0.3) is 0 Å². The molecule has 0 radical (unpaired) electrons. The van der Waals surface area contributed by atoms with Crippen LogP contribution < -0.4 is 5.32 Å². The highest BCUT2D eigenvalue weighted by molar-refractivity contribution is 9.11. The molecule has 4 nitrogen and oxygen atoms in total. The molecule has 2 heterocycles. The number of hydrogen-bond donors (Lipinski definition) is 2. The van der Waals surface area contributed by atoms with E-state index in [2.05, 4.69) is 27.3 Å². The van der Waals surface area contributed by atoms with Crippen molar-refractivity contribution in [2.24, 2.45) is 0 Å². The van der Waals surface area contributed by atoms with Gasteiger partial charge in [-0.05, 0) is 59.5 Å². The standard InChI is InChI=1S/C14H14BrNO3S2/c1-8-7-12(21-13(8)14(18)19)16-11(17)4-2-3-9-5-6-10(15)20-9/h5-7H,2-4H2,1H3,(H,16,17)(H,18,19). The second-order valence-corrected chi connectivity index (χ2v) is 8.14. The van der Waals surface area contributed by atoms with Gasteiger partial charge < -0.3 is 10.4 Å². The fourth-order valence-electron chi connectivity index (χ4n) is 1.87. The number of halogens is 1. The van der Waals surface area contributed by atoms with Gasteiger partial charge in [-0.25, -0.2) is 4.79 Å². The van der Waals surface area contributed by atoms with Gasteiger partial charge in [0.05, 0.1) is 8.79 Å². The van der Waals surface area contributed by atoms with Crippen LogP contribution in [0, 0.1) is 6.92 Å². The monoisotopic (exact) mass is 387 g/mol. The van der Waals surface area contributed by atoms with Gasteiger partial charge in [0.1, 0.15) is 4.88 Å². The van der Waals surface area contributed by atoms with Crippen molar-refractivity contribution in [1.29, 1.82) is 0 Å². The molecule has 2 aromatic heterocycles. The minimum Gasteiger partial charge on any atom is -0.477 e. The highest BCUT2D eigenvalue weighted by Gasteiger charge is 2.13. The molecule has 0 saturated carbocycles. The van der Waals surface area contributed by atoms with Gasteiger partial charge in [0, 0.05) is 11.3 Å². The predicted molar refractivity (Wildman–Crippen MR) is 89.6 cm³/mol. The van der Waals surface area contributed by atoms with Crippen molar-refractivity contribution in [3.8, 4) is 0 Å². The first-order valence-electron chi connectivity index (χ1n) is 6.33. The maximum atomic E-state index is 11.8. The zero-order valence-corrected chi connectivity index (χ0v) is 14.5. The van der Waals surface area contributed by atoms with Gasteiger partial charge in [0.15, 0.2) is 0 Å². The zero-order chi connectivity index (χ0) is 15.4. The number of nitrogens with one attached hydrogen (secondary N) is 1. The number of carbonyl (C=O) groups excluding carboxylic acids is 1. The first kappa shape index (κ1) is 16.2. The topological polar surface area (TPSA) is 66.4 Å². The Labute approximate surface area is 138 Å². The summed E-state index contributed by atoms with van der Waals surface area (Å²) in [6.07, 6.45) is 2.07. The van der Waals surface area contributed by atoms with Crippen molar-refractivity contribution < 1.29 is 14.7 Å². The quantitative estimate of drug-likeness (QED) is 0.764. The molecule has 0 aliphatic carbocycles. The second-order valence-electron chi connectivity index (χ2n) is 4.54. The van der Waals surface area contributed by atoms with E-state index in [1.807, 2.05) is 6.07 Å². The van der Waals surface area contributed by atoms with E-state index >= 15 is 0 Å². The lowest BCUT2D eigenvalue weighted by Gasteiger charge is -2.01. The van der Waals surface area contributed by atoms with Crippen LogP contribution in [0.4, 0.5) is 5.00 Å². The molecule has 0 bridgehead atoms. The molecule has 0 aliphatic rings. The third-order valence-corrected chi connectivity index (χ3v) is 5.65. The molecule has 0 aliphatic heterocycles. The number of aromatic carboxylic acids is 1. The minimum absolute atomic E-state index is 0.0798. The third-order valence-electron chi connectivity index (χ3n) is 2.83. The van der Waals surface area contributed by atoms with Crippen LogP contribution in [0.5, 0.6) is 0 Å². The lowest BCUT2D eigenvalue weighted by Crippen LogP contribution is -2.10. The van der Waals surface area contributed by atoms with Crippen molar-refractivity contribution in [2.75, 3.05) is 5.32 Å². The Morgan fingerprint density at radius 2 is 2.10 bits per heavy atom. The van der Waals surface area contributed by atoms with Crippen molar-refractivity contribution >= 4 is 55.5 Å². The van der Waals surface area contributed by atoms with E-state index in [9.17, 15) is 9.59 Å². The summed E-state index contributed by atoms with van der Waals surface area (Å²) in [5.41, 5.74) is 0.672. The number of rotatable bonds is 6. The van der Waals surface area contributed by atoms with E-state index in [0.29, 0.717) is 17.0 Å². The predicted octanol–water partition coefficient (Wildman–Crippen LogP) is 4.54. The van der Waals surface area contributed by atoms with Gasteiger partial charge >= 0.3 is 5.97 Å². The van der Waals surface area contributed by atoms with E-state index in [-0.39, 0.29) is 10.8 Å². The Kier molecular flexibility index (Phi) is 5.55. The van der Waals surface area contributed by atoms with Crippen LogP contribution in [0.2, 0.25) is 0 Å². The molecule has 0 aromatic carbocycles. The Morgan fingerprint density at radius 3 is 2.67 bits per heavy atom. The number of hydrogen-bond acceptors (Lipinski definition) is 4. The number of thiophene rings is 2. The minimum atomic E-state index is -0.957. The summed E-state index contributed by atoms with van der Waals surface area (Å²) in [6.45, 7) is 1.73. The molecule has 0 spiro atoms. The smallest absolute Gasteiger partial charge is 0.346 e. The maximum absolute atomic E-state index is 11.8. The first-order chi connectivity index (χ1) is 9.95. The number of anilines is 1. The van der Waals surface area contributed by atoms with Crippen molar-refractivity contribution in [1.82, 2.24) is 0 Å². The highest BCUT2D eigenvalue weighted by atomic mass is 79.9. The first-order valence-corrected chi connectivity index (χ1v) is 8.76. The summed E-state index contributed by atoms with van der Waals surface area (Å²) in [4.78, 5) is 24.3. The lowest BCUT2D eigenvalue weighted by atomic mass is 10.2. The average molecular weight is 388 g/mol. The lowest BCUT2D eigenvalue weighted by molar-refractivity contribution is -0.116. The van der Waals surface area contributed by atoms with Gasteiger partial charge in [-0.1, -0.05) is 0 Å². The van der Waals surface area contributed by atoms with Crippen LogP contribution >= 0.6 is 38.6 Å². The van der Waals surface area contributed by atoms with Crippen LogP contribution in [0.3, 0.4) is 0 Å². The summed E-state index contributed by atoms with van der Waals surface area (Å²) >= 11 is 6.18. The molecule has 2 aromatic rings. The maximum Gasteiger partial charge on any atom is 0.346 e. The van der Waals surface area contributed by atoms with E-state index in [4.69, 9.17) is 5.11 Å². The number of carboxylic acids is 1. The van der Waals surface area contributed by atoms with E-state index in [1.165, 1.54) is 4.88 Å². The second kappa shape index (κ2) is 7.20. The van der Waals surface area contributed by atoms with Crippen molar-refractivity contribution in [3.63, 3.8) is 0 Å². The molecule has 112 valence electrons. The molecule has 2 rings (SSSR count). The van der Waals surface area contributed by atoms with Crippen LogP contribution in [-0.4, -0.2) is 17.0 Å². The van der Waals surface area contributed by atoms with Gasteiger partial charge in [0.2, 0.25) is 5.91 Å². The zero-order valence-electron chi connectivity index (χ0n) is 11.3. The van der Waals surface area contributed by atoms with E-state index < -0.39 is 5.97 Å². The number of carbonyl (C=O) groups is 2. The number of amides is 1. The van der Waals surface area contributed by atoms with Crippen molar-refractivity contribution in [3.05, 3.63) is 37.3 Å². The Morgan fingerprint density at radius 1 is 1.33 bits per heavy atom. The number of carboxylic acid groups (broad SMARTS) is 1. The van der Waals surface area contributed by atoms with E-state index in [0.717, 1.165) is 28.0 Å². The fraction of sp³-hybridized carbons (Fsp3) is 0.286. The van der Waals surface area contributed by atoms with E-state index in [1.54, 1.807) is 24.3 Å². The Balaban J connectivity index is 1.81. The molecule has 7 heteroatoms. The van der Waals surface area contributed by atoms with Crippen LogP contribution in [0.1, 0.15) is 33.0 Å². The molecule has 0 saturated heterocycles. The van der Waals surface area contributed by atoms with Gasteiger partial charge in [-0.15, -0.1) is 22.7 Å².